The first-order valence-electron chi connectivity index (χ1n) is 10.1. The number of hydrogen-bond donors (Lipinski definition) is 0. The Hall–Kier alpha value is -1.40. The summed E-state index contributed by atoms with van der Waals surface area (Å²) in [5.74, 6) is 2.28. The number of likely N-dealkylation sites (tertiary alicyclic amines) is 1. The maximum atomic E-state index is 10.6. The largest absolute Gasteiger partial charge is 0.495 e. The average Bonchev–Trinajstić information content (AvgIpc) is 3.11. The van der Waals surface area contributed by atoms with E-state index >= 15 is 0 Å². The molecular formula is C23H25Cl2NO3S. The van der Waals surface area contributed by atoms with Crippen LogP contribution in [0.5, 0.6) is 11.5 Å². The maximum Gasteiger partial charge on any atom is 0.137 e. The fourth-order valence-electron chi connectivity index (χ4n) is 4.32. The zero-order chi connectivity index (χ0) is 21.1. The normalized spacial score (nSPS) is 17.6. The van der Waals surface area contributed by atoms with Crippen LogP contribution in [0, 0.1) is 0 Å². The molecule has 2 heterocycles. The summed E-state index contributed by atoms with van der Waals surface area (Å²) < 4.78 is 11.4. The van der Waals surface area contributed by atoms with Gasteiger partial charge in [-0.3, -0.25) is 0 Å². The highest BCUT2D eigenvalue weighted by atomic mass is 35.5. The number of hydrogen-bond acceptors (Lipinski definition) is 5. The molecule has 0 N–H and O–H groups in total. The molecule has 1 fully saturated rings. The molecule has 4 rings (SSSR count). The highest BCUT2D eigenvalue weighted by molar-refractivity contribution is 7.98. The minimum absolute atomic E-state index is 0.107. The van der Waals surface area contributed by atoms with Gasteiger partial charge in [0.1, 0.15) is 17.8 Å². The van der Waals surface area contributed by atoms with E-state index in [9.17, 15) is 4.79 Å². The highest BCUT2D eigenvalue weighted by Gasteiger charge is 2.42. The molecule has 30 heavy (non-hydrogen) atoms. The van der Waals surface area contributed by atoms with E-state index in [0.29, 0.717) is 28.0 Å². The van der Waals surface area contributed by atoms with Crippen molar-refractivity contribution in [3.8, 4) is 11.5 Å². The van der Waals surface area contributed by atoms with E-state index in [2.05, 4.69) is 23.1 Å². The van der Waals surface area contributed by atoms with Gasteiger partial charge in [0.2, 0.25) is 0 Å². The van der Waals surface area contributed by atoms with Gasteiger partial charge in [-0.2, -0.15) is 0 Å². The molecule has 2 aromatic carbocycles. The lowest BCUT2D eigenvalue weighted by Gasteiger charge is -2.38. The van der Waals surface area contributed by atoms with Gasteiger partial charge in [-0.05, 0) is 50.2 Å². The Bertz CT molecular complexity index is 929. The smallest absolute Gasteiger partial charge is 0.137 e. The fraction of sp³-hybridized carbons (Fsp3) is 0.435. The zero-order valence-electron chi connectivity index (χ0n) is 17.0. The molecule has 1 spiro atoms. The predicted octanol–water partition coefficient (Wildman–Crippen LogP) is 5.61. The third-order valence-electron chi connectivity index (χ3n) is 6.16. The van der Waals surface area contributed by atoms with Crippen LogP contribution in [0.1, 0.15) is 30.4 Å². The Morgan fingerprint density at radius 2 is 2.03 bits per heavy atom. The van der Waals surface area contributed by atoms with Crippen molar-refractivity contribution < 1.29 is 14.3 Å². The summed E-state index contributed by atoms with van der Waals surface area (Å²) in [6.07, 6.45) is 3.76. The summed E-state index contributed by atoms with van der Waals surface area (Å²) in [5, 5.41) is 1.21. The van der Waals surface area contributed by atoms with E-state index in [1.807, 2.05) is 6.07 Å². The van der Waals surface area contributed by atoms with Gasteiger partial charge in [-0.1, -0.05) is 29.3 Å². The van der Waals surface area contributed by atoms with Crippen LogP contribution >= 0.6 is 35.0 Å². The fourth-order valence-corrected chi connectivity index (χ4v) is 6.02. The van der Waals surface area contributed by atoms with Crippen LogP contribution in [-0.4, -0.2) is 44.5 Å². The summed E-state index contributed by atoms with van der Waals surface area (Å²) in [7, 11) is 1.60. The van der Waals surface area contributed by atoms with Crippen LogP contribution in [0.15, 0.2) is 35.2 Å². The number of aldehydes is 1. The van der Waals surface area contributed by atoms with Gasteiger partial charge in [0, 0.05) is 45.2 Å². The molecule has 0 aliphatic carbocycles. The van der Waals surface area contributed by atoms with Gasteiger partial charge in [0.05, 0.1) is 18.7 Å². The second kappa shape index (κ2) is 9.39. The molecule has 2 aliphatic heterocycles. The number of methoxy groups -OCH3 is 1. The van der Waals surface area contributed by atoms with E-state index in [-0.39, 0.29) is 5.41 Å². The molecular weight excluding hydrogens is 441 g/mol. The summed E-state index contributed by atoms with van der Waals surface area (Å²) in [6, 6.07) is 10.1. The number of halogens is 2. The quantitative estimate of drug-likeness (QED) is 0.392. The third-order valence-corrected chi connectivity index (χ3v) is 7.95. The van der Waals surface area contributed by atoms with Crippen molar-refractivity contribution >= 4 is 41.2 Å². The number of nitrogens with zero attached hydrogens (tertiary/aromatic N) is 1. The second-order valence-electron chi connectivity index (χ2n) is 7.85. The molecule has 7 heteroatoms. The van der Waals surface area contributed by atoms with Crippen LogP contribution in [-0.2, 0) is 16.0 Å². The monoisotopic (exact) mass is 465 g/mol. The summed E-state index contributed by atoms with van der Waals surface area (Å²) in [4.78, 5) is 14.1. The number of carbonyl (C=O) groups is 1. The lowest BCUT2D eigenvalue weighted by atomic mass is 9.74. The van der Waals surface area contributed by atoms with Crippen molar-refractivity contribution in [2.24, 2.45) is 0 Å². The van der Waals surface area contributed by atoms with Crippen LogP contribution in [0.4, 0.5) is 0 Å². The molecule has 0 unspecified atom stereocenters. The van der Waals surface area contributed by atoms with Crippen molar-refractivity contribution in [1.82, 2.24) is 4.90 Å². The first-order chi connectivity index (χ1) is 14.6. The molecule has 160 valence electrons. The highest BCUT2D eigenvalue weighted by Crippen LogP contribution is 2.47. The van der Waals surface area contributed by atoms with Crippen molar-refractivity contribution in [1.29, 1.82) is 0 Å². The number of carbonyl (C=O) groups excluding carboxylic acids is 1. The van der Waals surface area contributed by atoms with Gasteiger partial charge >= 0.3 is 0 Å². The first-order valence-corrected chi connectivity index (χ1v) is 11.9. The SMILES string of the molecule is COc1ccc(Cl)c(CSc2ccc3c(c2)OCC32CCN(CCC=O)CC2)c1Cl. The molecule has 2 aliphatic rings. The standard InChI is InChI=1S/C23H25Cl2NO3S/c1-28-20-6-5-19(24)17(22(20)25)14-30-16-3-4-18-21(13-16)29-15-23(18)7-10-26(11-8-23)9-2-12-27/h3-6,12-13H,2,7-11,14-15H2,1H3. The van der Waals surface area contributed by atoms with E-state index in [1.165, 1.54) is 5.56 Å². The lowest BCUT2D eigenvalue weighted by molar-refractivity contribution is -0.108. The number of piperidine rings is 1. The van der Waals surface area contributed by atoms with Crippen LogP contribution in [0.2, 0.25) is 10.0 Å². The molecule has 0 aromatic heterocycles. The van der Waals surface area contributed by atoms with E-state index in [1.54, 1.807) is 24.9 Å². The molecule has 0 bridgehead atoms. The van der Waals surface area contributed by atoms with Gasteiger partial charge in [0.25, 0.3) is 0 Å². The molecule has 0 atom stereocenters. The molecule has 0 saturated carbocycles. The van der Waals surface area contributed by atoms with E-state index in [4.69, 9.17) is 32.7 Å². The second-order valence-corrected chi connectivity index (χ2v) is 9.69. The topological polar surface area (TPSA) is 38.8 Å². The number of thioether (sulfide) groups is 1. The van der Waals surface area contributed by atoms with Crippen molar-refractivity contribution in [3.63, 3.8) is 0 Å². The first kappa shape index (κ1) is 21.8. The Kier molecular flexibility index (Phi) is 6.83. The third kappa shape index (κ3) is 4.31. The minimum atomic E-state index is 0.107. The number of fused-ring (bicyclic) bond motifs is 2. The molecule has 0 amide bonds. The summed E-state index contributed by atoms with van der Waals surface area (Å²) in [5.41, 5.74) is 2.30. The average molecular weight is 466 g/mol. The van der Waals surface area contributed by atoms with Crippen LogP contribution < -0.4 is 9.47 Å². The Morgan fingerprint density at radius 1 is 1.23 bits per heavy atom. The predicted molar refractivity (Wildman–Crippen MR) is 123 cm³/mol. The minimum Gasteiger partial charge on any atom is -0.495 e. The Balaban J connectivity index is 1.44. The molecule has 4 nitrogen and oxygen atoms in total. The number of rotatable bonds is 7. The zero-order valence-corrected chi connectivity index (χ0v) is 19.3. The summed E-state index contributed by atoms with van der Waals surface area (Å²) >= 11 is 14.5. The maximum absolute atomic E-state index is 10.6. The van der Waals surface area contributed by atoms with Crippen LogP contribution in [0.3, 0.4) is 0 Å². The van der Waals surface area contributed by atoms with Crippen LogP contribution in [0.25, 0.3) is 0 Å². The van der Waals surface area contributed by atoms with Crippen molar-refractivity contribution in [3.05, 3.63) is 51.5 Å². The van der Waals surface area contributed by atoms with Gasteiger partial charge in [-0.15, -0.1) is 11.8 Å². The Morgan fingerprint density at radius 3 is 2.77 bits per heavy atom. The lowest BCUT2D eigenvalue weighted by Crippen LogP contribution is -2.43. The number of ether oxygens (including phenoxy) is 2. The van der Waals surface area contributed by atoms with E-state index < -0.39 is 0 Å². The van der Waals surface area contributed by atoms with Gasteiger partial charge in [-0.25, -0.2) is 0 Å². The van der Waals surface area contributed by atoms with Gasteiger partial charge < -0.3 is 19.2 Å². The number of benzene rings is 2. The van der Waals surface area contributed by atoms with Gasteiger partial charge in [0.15, 0.2) is 0 Å². The van der Waals surface area contributed by atoms with Crippen molar-refractivity contribution in [2.75, 3.05) is 33.4 Å². The Labute approximate surface area is 191 Å². The van der Waals surface area contributed by atoms with E-state index in [0.717, 1.165) is 61.6 Å². The molecule has 1 saturated heterocycles. The molecule has 0 radical (unpaired) electrons. The summed E-state index contributed by atoms with van der Waals surface area (Å²) in [6.45, 7) is 3.63. The van der Waals surface area contributed by atoms with Crippen molar-refractivity contribution in [2.45, 2.75) is 35.3 Å². The molecule has 2 aromatic rings.